The third-order valence-corrected chi connectivity index (χ3v) is 4.58. The second kappa shape index (κ2) is 5.93. The van der Waals surface area contributed by atoms with Crippen molar-refractivity contribution >= 4 is 10.9 Å². The summed E-state index contributed by atoms with van der Waals surface area (Å²) < 4.78 is 46.2. The second-order valence-electron chi connectivity index (χ2n) is 5.96. The van der Waals surface area contributed by atoms with Crippen LogP contribution in [-0.2, 0) is 17.6 Å². The molecule has 0 bridgehead atoms. The molecule has 1 aromatic carbocycles. The van der Waals surface area contributed by atoms with Crippen LogP contribution >= 0.6 is 0 Å². The molecule has 2 nitrogen and oxygen atoms in total. The fourth-order valence-corrected chi connectivity index (χ4v) is 3.59. The summed E-state index contributed by atoms with van der Waals surface area (Å²) in [5.74, 6) is 2.98. The molecule has 1 aliphatic rings. The lowest BCUT2D eigenvalue weighted by Gasteiger charge is -2.15. The first kappa shape index (κ1) is 15.9. The molecular formula is C18H18F3NO. The minimum atomic E-state index is -4.37. The molecule has 122 valence electrons. The van der Waals surface area contributed by atoms with Crippen molar-refractivity contribution in [3.8, 4) is 12.3 Å². The van der Waals surface area contributed by atoms with E-state index in [9.17, 15) is 13.2 Å². The predicted molar refractivity (Wildman–Crippen MR) is 83.1 cm³/mol. The van der Waals surface area contributed by atoms with E-state index in [2.05, 4.69) is 5.92 Å². The molecule has 0 amide bonds. The van der Waals surface area contributed by atoms with Crippen LogP contribution in [-0.4, -0.2) is 11.7 Å². The molecule has 23 heavy (non-hydrogen) atoms. The van der Waals surface area contributed by atoms with E-state index in [4.69, 9.17) is 11.2 Å². The van der Waals surface area contributed by atoms with Crippen LogP contribution in [0.15, 0.2) is 18.2 Å². The van der Waals surface area contributed by atoms with Gasteiger partial charge in [0, 0.05) is 24.1 Å². The maximum atomic E-state index is 13.0. The highest BCUT2D eigenvalue weighted by Gasteiger charge is 2.32. The van der Waals surface area contributed by atoms with Crippen molar-refractivity contribution in [3.63, 3.8) is 0 Å². The summed E-state index contributed by atoms with van der Waals surface area (Å²) in [7, 11) is 1.54. The second-order valence-corrected chi connectivity index (χ2v) is 5.96. The Balaban J connectivity index is 2.28. The van der Waals surface area contributed by atoms with Crippen molar-refractivity contribution in [2.45, 2.75) is 44.5 Å². The predicted octanol–water partition coefficient (Wildman–Crippen LogP) is 4.90. The van der Waals surface area contributed by atoms with Gasteiger partial charge in [0.2, 0.25) is 0 Å². The zero-order valence-corrected chi connectivity index (χ0v) is 12.9. The third-order valence-electron chi connectivity index (χ3n) is 4.58. The van der Waals surface area contributed by atoms with E-state index >= 15 is 0 Å². The Kier molecular flexibility index (Phi) is 4.11. The Bertz CT molecular complexity index is 761. The van der Waals surface area contributed by atoms with Gasteiger partial charge in [0.1, 0.15) is 6.73 Å². The van der Waals surface area contributed by atoms with Crippen molar-refractivity contribution in [3.05, 3.63) is 35.0 Å². The Morgan fingerprint density at radius 1 is 1.30 bits per heavy atom. The summed E-state index contributed by atoms with van der Waals surface area (Å²) in [6.45, 7) is 0.200. The highest BCUT2D eigenvalue weighted by molar-refractivity contribution is 5.89. The molecule has 2 aromatic rings. The standard InChI is InChI=1S/C18H18F3NO/c1-3-14-15-9-8-13(18(19,20)21)10-16(15)22(11-23-2)17(14)12-6-4-5-7-12/h1,8-10,12H,4-7,11H2,2H3. The van der Waals surface area contributed by atoms with Gasteiger partial charge in [-0.3, -0.25) is 0 Å². The first-order chi connectivity index (χ1) is 11.0. The van der Waals surface area contributed by atoms with E-state index in [1.807, 2.05) is 4.57 Å². The zero-order valence-electron chi connectivity index (χ0n) is 12.9. The van der Waals surface area contributed by atoms with Crippen LogP contribution in [0.5, 0.6) is 0 Å². The highest BCUT2D eigenvalue weighted by atomic mass is 19.4. The molecule has 5 heteroatoms. The molecule has 1 heterocycles. The summed E-state index contributed by atoms with van der Waals surface area (Å²) in [5.41, 5.74) is 1.48. The number of rotatable bonds is 3. The monoisotopic (exact) mass is 321 g/mol. The average molecular weight is 321 g/mol. The summed E-state index contributed by atoms with van der Waals surface area (Å²) in [5, 5.41) is 0.694. The maximum absolute atomic E-state index is 13.0. The quantitative estimate of drug-likeness (QED) is 0.733. The lowest BCUT2D eigenvalue weighted by Crippen LogP contribution is -2.09. The Labute approximate surface area is 133 Å². The van der Waals surface area contributed by atoms with Crippen LogP contribution in [0.1, 0.15) is 48.4 Å². The lowest BCUT2D eigenvalue weighted by molar-refractivity contribution is -0.137. The highest BCUT2D eigenvalue weighted by Crippen LogP contribution is 2.41. The molecule has 0 radical (unpaired) electrons. The summed E-state index contributed by atoms with van der Waals surface area (Å²) in [4.78, 5) is 0. The molecule has 1 aromatic heterocycles. The first-order valence-corrected chi connectivity index (χ1v) is 7.66. The van der Waals surface area contributed by atoms with Gasteiger partial charge in [-0.05, 0) is 25.0 Å². The smallest absolute Gasteiger partial charge is 0.364 e. The van der Waals surface area contributed by atoms with Gasteiger partial charge >= 0.3 is 6.18 Å². The van der Waals surface area contributed by atoms with Gasteiger partial charge in [0.25, 0.3) is 0 Å². The van der Waals surface area contributed by atoms with Crippen LogP contribution < -0.4 is 0 Å². The number of benzene rings is 1. The van der Waals surface area contributed by atoms with Crippen molar-refractivity contribution in [1.29, 1.82) is 0 Å². The molecule has 0 saturated heterocycles. The van der Waals surface area contributed by atoms with Gasteiger partial charge in [-0.15, -0.1) is 6.42 Å². The Hall–Kier alpha value is -1.93. The molecule has 3 rings (SSSR count). The number of hydrogen-bond acceptors (Lipinski definition) is 1. The fourth-order valence-electron chi connectivity index (χ4n) is 3.59. The number of methoxy groups -OCH3 is 1. The van der Waals surface area contributed by atoms with Gasteiger partial charge in [-0.2, -0.15) is 13.2 Å². The number of hydrogen-bond donors (Lipinski definition) is 0. The first-order valence-electron chi connectivity index (χ1n) is 7.66. The number of alkyl halides is 3. The van der Waals surface area contributed by atoms with Crippen molar-refractivity contribution in [2.24, 2.45) is 0 Å². The van der Waals surface area contributed by atoms with Crippen LogP contribution in [0.3, 0.4) is 0 Å². The lowest BCUT2D eigenvalue weighted by atomic mass is 9.99. The topological polar surface area (TPSA) is 14.2 Å². The summed E-state index contributed by atoms with van der Waals surface area (Å²) in [6, 6.07) is 3.75. The Morgan fingerprint density at radius 2 is 2.00 bits per heavy atom. The van der Waals surface area contributed by atoms with Crippen LogP contribution in [0.2, 0.25) is 0 Å². The Morgan fingerprint density at radius 3 is 2.57 bits per heavy atom. The fraction of sp³-hybridized carbons (Fsp3) is 0.444. The molecule has 1 saturated carbocycles. The van der Waals surface area contributed by atoms with E-state index in [1.54, 1.807) is 0 Å². The van der Waals surface area contributed by atoms with E-state index < -0.39 is 11.7 Å². The summed E-state index contributed by atoms with van der Waals surface area (Å²) in [6.07, 6.45) is 5.59. The van der Waals surface area contributed by atoms with Crippen LogP contribution in [0, 0.1) is 12.3 Å². The van der Waals surface area contributed by atoms with Gasteiger partial charge in [-0.1, -0.05) is 24.8 Å². The van der Waals surface area contributed by atoms with Gasteiger partial charge in [0.05, 0.1) is 16.6 Å². The number of fused-ring (bicyclic) bond motifs is 1. The van der Waals surface area contributed by atoms with Crippen molar-refractivity contribution in [2.75, 3.05) is 7.11 Å². The zero-order chi connectivity index (χ0) is 16.6. The maximum Gasteiger partial charge on any atom is 0.416 e. The third kappa shape index (κ3) is 2.72. The normalized spacial score (nSPS) is 16.1. The molecular weight excluding hydrogens is 303 g/mol. The average Bonchev–Trinajstić information content (AvgIpc) is 3.12. The van der Waals surface area contributed by atoms with Crippen molar-refractivity contribution in [1.82, 2.24) is 4.57 Å². The number of terminal acetylenes is 1. The minimum Gasteiger partial charge on any atom is -0.364 e. The van der Waals surface area contributed by atoms with E-state index in [-0.39, 0.29) is 12.6 Å². The van der Waals surface area contributed by atoms with E-state index in [0.717, 1.165) is 37.4 Å². The minimum absolute atomic E-state index is 0.200. The van der Waals surface area contributed by atoms with Crippen molar-refractivity contribution < 1.29 is 17.9 Å². The number of halogens is 3. The van der Waals surface area contributed by atoms with Gasteiger partial charge in [0.15, 0.2) is 0 Å². The molecule has 0 spiro atoms. The SMILES string of the molecule is C#Cc1c(C2CCCC2)n(COC)c2cc(C(F)(F)F)ccc12. The molecule has 0 atom stereocenters. The number of ether oxygens (including phenoxy) is 1. The van der Waals surface area contributed by atoms with Crippen LogP contribution in [0.25, 0.3) is 10.9 Å². The molecule has 1 fully saturated rings. The van der Waals surface area contributed by atoms with E-state index in [0.29, 0.717) is 16.5 Å². The number of aromatic nitrogens is 1. The molecule has 1 aliphatic carbocycles. The largest absolute Gasteiger partial charge is 0.416 e. The molecule has 0 N–H and O–H groups in total. The van der Waals surface area contributed by atoms with Crippen LogP contribution in [0.4, 0.5) is 13.2 Å². The van der Waals surface area contributed by atoms with Gasteiger partial charge in [-0.25, -0.2) is 0 Å². The summed E-state index contributed by atoms with van der Waals surface area (Å²) >= 11 is 0. The number of nitrogens with zero attached hydrogens (tertiary/aromatic N) is 1. The van der Waals surface area contributed by atoms with Gasteiger partial charge < -0.3 is 9.30 Å². The van der Waals surface area contributed by atoms with E-state index in [1.165, 1.54) is 19.2 Å². The molecule has 0 unspecified atom stereocenters. The molecule has 0 aliphatic heterocycles.